The van der Waals surface area contributed by atoms with Crippen LogP contribution in [0.3, 0.4) is 0 Å². The van der Waals surface area contributed by atoms with Gasteiger partial charge in [0.15, 0.2) is 0 Å². The Bertz CT molecular complexity index is 2050. The van der Waals surface area contributed by atoms with Gasteiger partial charge in [0.2, 0.25) is 37.2 Å². The Hall–Kier alpha value is -5.03. The number of hydrogen-bond donors (Lipinski definition) is 3. The predicted octanol–water partition coefficient (Wildman–Crippen LogP) is 7.73. The molecule has 4 amide bonds. The molecule has 4 N–H and O–H groups in total. The quantitative estimate of drug-likeness (QED) is 0.0399. The summed E-state index contributed by atoms with van der Waals surface area (Å²) in [6.45, 7) is 14.5. The lowest BCUT2D eigenvalue weighted by Gasteiger charge is -2.31. The standard InChI is InChI=1S/C48H69F2N4O12P/c1-11-12-18-38(43(58)54-27-31(2)25-39(54)42(57)53-37(23-24-40(51)55)33(4)62-28-34-16-14-13-15-17-34)52-41(56)26-32(3)35-19-21-36(22-20-35)48(49,50)67(61,65-29-63-44(59)46(5,6)7)66-30-64-45(60)47(8,9)10/h13-17,19-22,26,31,33,37-39H,11-12,18,23-25,27-30H2,1-10H3,(H2,51,55)(H,52,56)(H,53,57)/b32-26+/t31-,33+,37?,38?,39-/m0/s1. The third kappa shape index (κ3) is 16.9. The molecular formula is C48H69F2N4O12P. The van der Waals surface area contributed by atoms with Gasteiger partial charge in [-0.25, -0.2) is 0 Å². The van der Waals surface area contributed by atoms with E-state index >= 15 is 8.78 Å². The highest BCUT2D eigenvalue weighted by Gasteiger charge is 2.56. The summed E-state index contributed by atoms with van der Waals surface area (Å²) in [5.74, 6) is -3.74. The summed E-state index contributed by atoms with van der Waals surface area (Å²) in [7, 11) is -5.56. The number of carbonyl (C=O) groups excluding carboxylic acids is 6. The van der Waals surface area contributed by atoms with Crippen LogP contribution in [0, 0.1) is 16.7 Å². The van der Waals surface area contributed by atoms with E-state index in [1.807, 2.05) is 44.2 Å². The second kappa shape index (κ2) is 24.8. The van der Waals surface area contributed by atoms with Gasteiger partial charge >= 0.3 is 25.2 Å². The summed E-state index contributed by atoms with van der Waals surface area (Å²) < 4.78 is 71.7. The molecule has 2 aromatic carbocycles. The van der Waals surface area contributed by atoms with Gasteiger partial charge in [0.1, 0.15) is 12.1 Å². The zero-order valence-corrected chi connectivity index (χ0v) is 41.3. The number of hydrogen-bond acceptors (Lipinski definition) is 12. The second-order valence-electron chi connectivity index (χ2n) is 19.0. The van der Waals surface area contributed by atoms with Crippen LogP contribution >= 0.6 is 7.60 Å². The third-order valence-corrected chi connectivity index (χ3v) is 12.8. The number of benzene rings is 2. The molecule has 1 saturated heterocycles. The smallest absolute Gasteiger partial charge is 0.410 e. The molecule has 19 heteroatoms. The van der Waals surface area contributed by atoms with Gasteiger partial charge in [-0.05, 0) is 97.3 Å². The van der Waals surface area contributed by atoms with Gasteiger partial charge in [-0.3, -0.25) is 42.4 Å². The maximum Gasteiger partial charge on any atom is 0.410 e. The molecule has 67 heavy (non-hydrogen) atoms. The van der Waals surface area contributed by atoms with Gasteiger partial charge < -0.3 is 35.5 Å². The summed E-state index contributed by atoms with van der Waals surface area (Å²) in [4.78, 5) is 79.5. The van der Waals surface area contributed by atoms with Crippen molar-refractivity contribution >= 4 is 48.7 Å². The van der Waals surface area contributed by atoms with E-state index in [0.29, 0.717) is 30.4 Å². The zero-order valence-electron chi connectivity index (χ0n) is 40.4. The number of halogens is 2. The first-order valence-corrected chi connectivity index (χ1v) is 24.0. The van der Waals surface area contributed by atoms with Crippen molar-refractivity contribution in [2.24, 2.45) is 22.5 Å². The van der Waals surface area contributed by atoms with Crippen molar-refractivity contribution in [2.45, 2.75) is 144 Å². The van der Waals surface area contributed by atoms with Crippen LogP contribution in [-0.2, 0) is 68.9 Å². The number of nitrogens with two attached hydrogens (primary N) is 1. The highest BCUT2D eigenvalue weighted by atomic mass is 31.2. The maximum atomic E-state index is 16.1. The molecule has 0 bridgehead atoms. The molecule has 0 saturated carbocycles. The number of likely N-dealkylation sites (tertiary alicyclic amines) is 1. The Morgan fingerprint density at radius 3 is 1.97 bits per heavy atom. The molecule has 0 spiro atoms. The van der Waals surface area contributed by atoms with E-state index in [1.54, 1.807) is 13.8 Å². The summed E-state index contributed by atoms with van der Waals surface area (Å²) >= 11 is 0. The highest BCUT2D eigenvalue weighted by molar-refractivity contribution is 7.54. The molecule has 0 aromatic heterocycles. The van der Waals surface area contributed by atoms with Crippen LogP contribution in [0.15, 0.2) is 60.7 Å². The fraction of sp³-hybridized carbons (Fsp3) is 0.583. The van der Waals surface area contributed by atoms with Gasteiger partial charge in [-0.1, -0.05) is 81.3 Å². The Kier molecular flexibility index (Phi) is 20.9. The molecule has 2 unspecified atom stereocenters. The minimum absolute atomic E-state index is 0.00417. The number of primary amides is 1. The van der Waals surface area contributed by atoms with E-state index in [-0.39, 0.29) is 38.3 Å². The largest absolute Gasteiger partial charge is 0.438 e. The highest BCUT2D eigenvalue weighted by Crippen LogP contribution is 2.67. The van der Waals surface area contributed by atoms with Crippen molar-refractivity contribution in [3.8, 4) is 0 Å². The number of nitrogens with one attached hydrogen (secondary N) is 2. The van der Waals surface area contributed by atoms with E-state index < -0.39 is 103 Å². The molecule has 5 atom stereocenters. The van der Waals surface area contributed by atoms with Crippen molar-refractivity contribution in [3.63, 3.8) is 0 Å². The SMILES string of the molecule is CCCCC(NC(=O)/C=C(\C)c1ccc(C(F)(F)P(=O)(OCOC(=O)C(C)(C)C)OCOC(=O)C(C)(C)C)cc1)C(=O)N1C[C@@H](C)C[C@H]1C(=O)NC(CCC(N)=O)[C@@H](C)OCc1ccccc1. The van der Waals surface area contributed by atoms with Crippen molar-refractivity contribution in [1.29, 1.82) is 0 Å². The molecule has 2 aromatic rings. The average molecular weight is 963 g/mol. The van der Waals surface area contributed by atoms with Crippen LogP contribution in [0.2, 0.25) is 0 Å². The molecule has 3 rings (SSSR count). The second-order valence-corrected chi connectivity index (χ2v) is 21.0. The van der Waals surface area contributed by atoms with Crippen molar-refractivity contribution in [1.82, 2.24) is 15.5 Å². The van der Waals surface area contributed by atoms with Gasteiger partial charge in [0, 0.05) is 24.6 Å². The molecule has 1 heterocycles. The average Bonchev–Trinajstić information content (AvgIpc) is 3.66. The molecule has 1 aliphatic rings. The van der Waals surface area contributed by atoms with Crippen LogP contribution in [-0.4, -0.2) is 84.8 Å². The fourth-order valence-electron chi connectivity index (χ4n) is 6.84. The van der Waals surface area contributed by atoms with Crippen LogP contribution in [0.5, 0.6) is 0 Å². The first-order chi connectivity index (χ1) is 31.2. The topological polar surface area (TPSA) is 219 Å². The molecular weight excluding hydrogens is 894 g/mol. The van der Waals surface area contributed by atoms with Crippen LogP contribution in [0.1, 0.15) is 124 Å². The van der Waals surface area contributed by atoms with Gasteiger partial charge in [-0.2, -0.15) is 8.78 Å². The Labute approximate surface area is 392 Å². The number of alkyl halides is 2. The Morgan fingerprint density at radius 1 is 0.881 bits per heavy atom. The molecule has 0 aliphatic carbocycles. The number of rotatable bonds is 24. The van der Waals surface area contributed by atoms with Crippen molar-refractivity contribution in [3.05, 3.63) is 77.4 Å². The maximum absolute atomic E-state index is 16.1. The number of carbonyl (C=O) groups is 6. The molecule has 1 aliphatic heterocycles. The number of allylic oxidation sites excluding steroid dienone is 1. The lowest BCUT2D eigenvalue weighted by Crippen LogP contribution is -2.55. The van der Waals surface area contributed by atoms with Crippen molar-refractivity contribution in [2.75, 3.05) is 20.1 Å². The number of unbranched alkanes of at least 4 members (excludes halogenated alkanes) is 1. The minimum Gasteiger partial charge on any atom is -0.438 e. The van der Waals surface area contributed by atoms with Gasteiger partial charge in [0.25, 0.3) is 0 Å². The van der Waals surface area contributed by atoms with E-state index in [4.69, 9.17) is 29.0 Å². The summed E-state index contributed by atoms with van der Waals surface area (Å²) in [5.41, 5.74) is -0.207. The summed E-state index contributed by atoms with van der Waals surface area (Å²) in [6, 6.07) is 11.4. The first-order valence-electron chi connectivity index (χ1n) is 22.5. The minimum atomic E-state index is -5.56. The fourth-order valence-corrected chi connectivity index (χ4v) is 8.09. The lowest BCUT2D eigenvalue weighted by atomic mass is 9.98. The normalized spacial score (nSPS) is 17.3. The molecule has 16 nitrogen and oxygen atoms in total. The predicted molar refractivity (Wildman–Crippen MR) is 246 cm³/mol. The van der Waals surface area contributed by atoms with Crippen LogP contribution in [0.4, 0.5) is 8.78 Å². The monoisotopic (exact) mass is 962 g/mol. The number of amides is 4. The number of ether oxygens (including phenoxy) is 3. The Morgan fingerprint density at radius 2 is 1.45 bits per heavy atom. The lowest BCUT2D eigenvalue weighted by molar-refractivity contribution is -0.163. The van der Waals surface area contributed by atoms with Gasteiger partial charge in [0.05, 0.1) is 29.6 Å². The van der Waals surface area contributed by atoms with E-state index in [1.165, 1.54) is 64.7 Å². The number of nitrogens with zero attached hydrogens (tertiary/aromatic N) is 1. The third-order valence-electron chi connectivity index (χ3n) is 10.9. The van der Waals surface area contributed by atoms with Crippen LogP contribution in [0.25, 0.3) is 5.57 Å². The molecule has 0 radical (unpaired) electrons. The first kappa shape index (κ1) is 56.3. The summed E-state index contributed by atoms with van der Waals surface area (Å²) in [5, 5.41) is 5.79. The molecule has 1 fully saturated rings. The van der Waals surface area contributed by atoms with E-state index in [2.05, 4.69) is 10.6 Å². The van der Waals surface area contributed by atoms with Crippen LogP contribution < -0.4 is 16.4 Å². The van der Waals surface area contributed by atoms with E-state index in [9.17, 15) is 33.3 Å². The van der Waals surface area contributed by atoms with Gasteiger partial charge in [-0.15, -0.1) is 0 Å². The van der Waals surface area contributed by atoms with E-state index in [0.717, 1.165) is 17.7 Å². The summed E-state index contributed by atoms with van der Waals surface area (Å²) in [6.07, 6.45) is 2.85. The van der Waals surface area contributed by atoms with Crippen molar-refractivity contribution < 1.29 is 65.4 Å². The molecule has 372 valence electrons. The number of esters is 2. The Balaban J connectivity index is 1.79. The zero-order chi connectivity index (χ0) is 50.3.